The second-order valence-electron chi connectivity index (χ2n) is 4.43. The molecule has 1 spiro atoms. The van der Waals surface area contributed by atoms with Crippen LogP contribution in [0.2, 0.25) is 0 Å². The van der Waals surface area contributed by atoms with Crippen molar-refractivity contribution in [2.45, 2.75) is 12.8 Å². The molecule has 80 valence electrons. The molecule has 1 unspecified atom stereocenters. The van der Waals surface area contributed by atoms with Crippen LogP contribution in [0.4, 0.5) is 0 Å². The Bertz CT molecular complexity index is 226. The Balaban J connectivity index is 1.90. The molecule has 0 saturated carbocycles. The quantitative estimate of drug-likeness (QED) is 0.729. The molecule has 2 aliphatic heterocycles. The summed E-state index contributed by atoms with van der Waals surface area (Å²) in [6.45, 7) is 4.20. The van der Waals surface area contributed by atoms with Crippen molar-refractivity contribution in [2.24, 2.45) is 5.41 Å². The van der Waals surface area contributed by atoms with E-state index in [-0.39, 0.29) is 0 Å². The van der Waals surface area contributed by atoms with Gasteiger partial charge in [0.25, 0.3) is 0 Å². The maximum Gasteiger partial charge on any atom is 0.232 e. The number of hydrogen-bond acceptors (Lipinski definition) is 3. The molecule has 0 radical (unpaired) electrons. The van der Waals surface area contributed by atoms with Crippen LogP contribution in [0, 0.1) is 5.41 Å². The Labute approximate surface area is 89.6 Å². The second kappa shape index (κ2) is 4.11. The maximum absolute atomic E-state index is 11.7. The highest BCUT2D eigenvalue weighted by Crippen LogP contribution is 2.35. The molecule has 2 aliphatic rings. The third kappa shape index (κ3) is 1.91. The molecule has 14 heavy (non-hydrogen) atoms. The predicted octanol–water partition coefficient (Wildman–Crippen LogP) is 0.561. The summed E-state index contributed by atoms with van der Waals surface area (Å²) in [7, 11) is 0. The lowest BCUT2D eigenvalue weighted by Crippen LogP contribution is -2.34. The summed E-state index contributed by atoms with van der Waals surface area (Å²) in [5.74, 6) is 0.963. The van der Waals surface area contributed by atoms with E-state index in [4.69, 9.17) is 0 Å². The van der Waals surface area contributed by atoms with Crippen LogP contribution in [0.25, 0.3) is 0 Å². The van der Waals surface area contributed by atoms with E-state index in [0.717, 1.165) is 26.2 Å². The fourth-order valence-electron chi connectivity index (χ4n) is 2.51. The van der Waals surface area contributed by atoms with Gasteiger partial charge in [0, 0.05) is 25.0 Å². The van der Waals surface area contributed by atoms with Gasteiger partial charge in [0.15, 0.2) is 0 Å². The van der Waals surface area contributed by atoms with Gasteiger partial charge >= 0.3 is 0 Å². The van der Waals surface area contributed by atoms with Crippen LogP contribution in [-0.2, 0) is 4.79 Å². The zero-order chi connectivity index (χ0) is 10.0. The van der Waals surface area contributed by atoms with Crippen molar-refractivity contribution in [3.8, 4) is 0 Å². The van der Waals surface area contributed by atoms with Crippen LogP contribution in [-0.4, -0.2) is 49.0 Å². The lowest BCUT2D eigenvalue weighted by atomic mass is 9.87. The van der Waals surface area contributed by atoms with Crippen LogP contribution >= 0.6 is 11.8 Å². The Hall–Kier alpha value is -0.220. The number of amides is 1. The number of carbonyl (C=O) groups is 1. The molecule has 2 fully saturated rings. The van der Waals surface area contributed by atoms with Crippen LogP contribution < -0.4 is 5.32 Å². The third-order valence-electron chi connectivity index (χ3n) is 3.39. The topological polar surface area (TPSA) is 32.3 Å². The highest BCUT2D eigenvalue weighted by molar-refractivity contribution is 7.99. The minimum Gasteiger partial charge on any atom is -0.341 e. The van der Waals surface area contributed by atoms with Gasteiger partial charge in [-0.2, -0.15) is 11.8 Å². The second-order valence-corrected chi connectivity index (χ2v) is 5.29. The number of likely N-dealkylation sites (tertiary alicyclic amines) is 1. The minimum atomic E-state index is 0.321. The lowest BCUT2D eigenvalue weighted by Gasteiger charge is -2.22. The van der Waals surface area contributed by atoms with Crippen molar-refractivity contribution >= 4 is 17.7 Å². The van der Waals surface area contributed by atoms with Crippen molar-refractivity contribution in [3.63, 3.8) is 0 Å². The van der Waals surface area contributed by atoms with Gasteiger partial charge in [0.1, 0.15) is 0 Å². The lowest BCUT2D eigenvalue weighted by molar-refractivity contribution is -0.127. The van der Waals surface area contributed by atoms with Crippen molar-refractivity contribution in [1.29, 1.82) is 0 Å². The fourth-order valence-corrected chi connectivity index (χ4v) is 2.94. The highest BCUT2D eigenvalue weighted by Gasteiger charge is 2.41. The monoisotopic (exact) mass is 214 g/mol. The molecular weight excluding hydrogens is 196 g/mol. The van der Waals surface area contributed by atoms with Crippen LogP contribution in [0.1, 0.15) is 12.8 Å². The number of carbonyl (C=O) groups excluding carboxylic acids is 1. The SMILES string of the molecule is CSCC(=O)N1CCC2(CCNC2)C1. The Morgan fingerprint density at radius 2 is 2.43 bits per heavy atom. The molecule has 2 heterocycles. The molecule has 1 atom stereocenters. The smallest absolute Gasteiger partial charge is 0.232 e. The van der Waals surface area contributed by atoms with E-state index in [1.165, 1.54) is 12.8 Å². The van der Waals surface area contributed by atoms with Crippen molar-refractivity contribution < 1.29 is 4.79 Å². The Morgan fingerprint density at radius 3 is 3.07 bits per heavy atom. The van der Waals surface area contributed by atoms with E-state index in [1.807, 2.05) is 11.2 Å². The molecule has 3 nitrogen and oxygen atoms in total. The zero-order valence-corrected chi connectivity index (χ0v) is 9.53. The predicted molar refractivity (Wildman–Crippen MR) is 59.5 cm³/mol. The highest BCUT2D eigenvalue weighted by atomic mass is 32.2. The van der Waals surface area contributed by atoms with E-state index in [0.29, 0.717) is 17.1 Å². The van der Waals surface area contributed by atoms with E-state index in [1.54, 1.807) is 11.8 Å². The fraction of sp³-hybridized carbons (Fsp3) is 0.900. The first-order chi connectivity index (χ1) is 6.76. The number of hydrogen-bond donors (Lipinski definition) is 1. The number of nitrogens with one attached hydrogen (secondary N) is 1. The number of nitrogens with zero attached hydrogens (tertiary/aromatic N) is 1. The largest absolute Gasteiger partial charge is 0.341 e. The van der Waals surface area contributed by atoms with Gasteiger partial charge in [0.05, 0.1) is 5.75 Å². The average Bonchev–Trinajstić information content (AvgIpc) is 2.78. The summed E-state index contributed by atoms with van der Waals surface area (Å²) in [4.78, 5) is 13.7. The molecule has 1 N–H and O–H groups in total. The molecule has 2 saturated heterocycles. The molecule has 0 aromatic heterocycles. The van der Waals surface area contributed by atoms with E-state index >= 15 is 0 Å². The summed E-state index contributed by atoms with van der Waals surface area (Å²) in [6, 6.07) is 0. The summed E-state index contributed by atoms with van der Waals surface area (Å²) < 4.78 is 0. The standard InChI is InChI=1S/C10H18N2OS/c1-14-6-9(13)12-5-3-10(8-12)2-4-11-7-10/h11H,2-8H2,1H3. The van der Waals surface area contributed by atoms with Gasteiger partial charge in [-0.3, -0.25) is 4.79 Å². The van der Waals surface area contributed by atoms with Gasteiger partial charge in [-0.1, -0.05) is 0 Å². The summed E-state index contributed by atoms with van der Waals surface area (Å²) in [5.41, 5.74) is 0.425. The van der Waals surface area contributed by atoms with Crippen molar-refractivity contribution in [3.05, 3.63) is 0 Å². The summed E-state index contributed by atoms with van der Waals surface area (Å²) in [5, 5.41) is 3.40. The Morgan fingerprint density at radius 1 is 1.57 bits per heavy atom. The number of rotatable bonds is 2. The molecule has 0 aromatic carbocycles. The van der Waals surface area contributed by atoms with E-state index in [2.05, 4.69) is 5.32 Å². The third-order valence-corrected chi connectivity index (χ3v) is 3.93. The summed E-state index contributed by atoms with van der Waals surface area (Å²) >= 11 is 1.62. The van der Waals surface area contributed by atoms with Crippen LogP contribution in [0.3, 0.4) is 0 Å². The first kappa shape index (κ1) is 10.3. The molecule has 0 bridgehead atoms. The molecule has 0 aliphatic carbocycles. The van der Waals surface area contributed by atoms with Gasteiger partial charge in [0.2, 0.25) is 5.91 Å². The normalized spacial score (nSPS) is 31.6. The zero-order valence-electron chi connectivity index (χ0n) is 8.71. The molecular formula is C10H18N2OS. The minimum absolute atomic E-state index is 0.321. The Kier molecular flexibility index (Phi) is 3.02. The van der Waals surface area contributed by atoms with Gasteiger partial charge in [-0.15, -0.1) is 0 Å². The van der Waals surface area contributed by atoms with Gasteiger partial charge in [-0.05, 0) is 25.6 Å². The van der Waals surface area contributed by atoms with Crippen LogP contribution in [0.5, 0.6) is 0 Å². The molecule has 4 heteroatoms. The first-order valence-electron chi connectivity index (χ1n) is 5.23. The van der Waals surface area contributed by atoms with Crippen LogP contribution in [0.15, 0.2) is 0 Å². The molecule has 0 aromatic rings. The maximum atomic E-state index is 11.7. The molecule has 2 rings (SSSR count). The van der Waals surface area contributed by atoms with E-state index < -0.39 is 0 Å². The molecule has 1 amide bonds. The average molecular weight is 214 g/mol. The van der Waals surface area contributed by atoms with Crippen molar-refractivity contribution in [1.82, 2.24) is 10.2 Å². The summed E-state index contributed by atoms with van der Waals surface area (Å²) in [6.07, 6.45) is 4.43. The van der Waals surface area contributed by atoms with Crippen molar-refractivity contribution in [2.75, 3.05) is 38.2 Å². The first-order valence-corrected chi connectivity index (χ1v) is 6.63. The van der Waals surface area contributed by atoms with Gasteiger partial charge in [-0.25, -0.2) is 0 Å². The van der Waals surface area contributed by atoms with E-state index in [9.17, 15) is 4.79 Å². The van der Waals surface area contributed by atoms with Gasteiger partial charge < -0.3 is 10.2 Å². The number of thioether (sulfide) groups is 1.